The van der Waals surface area contributed by atoms with E-state index in [0.29, 0.717) is 29.8 Å². The van der Waals surface area contributed by atoms with Crippen molar-refractivity contribution in [3.8, 4) is 5.75 Å². The summed E-state index contributed by atoms with van der Waals surface area (Å²) < 4.78 is 5.44. The van der Waals surface area contributed by atoms with Gasteiger partial charge >= 0.3 is 0 Å². The summed E-state index contributed by atoms with van der Waals surface area (Å²) >= 11 is 0. The molecule has 0 saturated carbocycles. The Balaban J connectivity index is 3.13. The topological polar surface area (TPSA) is 93.4 Å². The number of anilines is 2. The number of hydrogen-bond donors (Lipinski definition) is 2. The lowest BCUT2D eigenvalue weighted by molar-refractivity contribution is -0.116. The number of carbonyl (C=O) groups is 1. The molecule has 0 radical (unpaired) electrons. The third-order valence-electron chi connectivity index (χ3n) is 2.76. The van der Waals surface area contributed by atoms with Crippen molar-refractivity contribution in [3.05, 3.63) is 6.33 Å². The van der Waals surface area contributed by atoms with Gasteiger partial charge in [-0.15, -0.1) is 0 Å². The minimum absolute atomic E-state index is 0.0960. The van der Waals surface area contributed by atoms with E-state index < -0.39 is 5.91 Å². The molecule has 1 aromatic heterocycles. The summed E-state index contributed by atoms with van der Waals surface area (Å²) in [4.78, 5) is 21.6. The van der Waals surface area contributed by atoms with E-state index in [0.717, 1.165) is 13.0 Å². The van der Waals surface area contributed by atoms with E-state index in [-0.39, 0.29) is 6.54 Å². The number of nitrogens with one attached hydrogen (secondary N) is 1. The average molecular weight is 295 g/mol. The first-order valence-corrected chi connectivity index (χ1v) is 7.15. The van der Waals surface area contributed by atoms with Crippen molar-refractivity contribution in [2.24, 2.45) is 11.7 Å². The van der Waals surface area contributed by atoms with Crippen molar-refractivity contribution in [1.29, 1.82) is 0 Å². The van der Waals surface area contributed by atoms with E-state index in [4.69, 9.17) is 10.5 Å². The molecule has 0 aromatic carbocycles. The maximum absolute atomic E-state index is 11.3. The van der Waals surface area contributed by atoms with Crippen molar-refractivity contribution in [1.82, 2.24) is 9.97 Å². The lowest BCUT2D eigenvalue weighted by Crippen LogP contribution is -2.37. The number of hydrogen-bond acceptors (Lipinski definition) is 6. The van der Waals surface area contributed by atoms with Gasteiger partial charge in [0.15, 0.2) is 11.6 Å². The van der Waals surface area contributed by atoms with Gasteiger partial charge in [-0.25, -0.2) is 9.97 Å². The highest BCUT2D eigenvalue weighted by Gasteiger charge is 2.20. The molecule has 0 atom stereocenters. The molecule has 1 rings (SSSR count). The number of ether oxygens (including phenoxy) is 1. The van der Waals surface area contributed by atoms with Crippen LogP contribution >= 0.6 is 0 Å². The van der Waals surface area contributed by atoms with Crippen LogP contribution in [0.25, 0.3) is 0 Å². The number of nitrogens with two attached hydrogens (primary N) is 1. The van der Waals surface area contributed by atoms with E-state index in [1.807, 2.05) is 4.90 Å². The quantitative estimate of drug-likeness (QED) is 0.712. The Morgan fingerprint density at radius 1 is 1.48 bits per heavy atom. The van der Waals surface area contributed by atoms with Crippen LogP contribution in [0.15, 0.2) is 6.33 Å². The SMILES string of the molecule is CCCNc1ncnc(N(CC(N)=O)CC(C)C)c1OC. The molecule has 0 fully saturated rings. The van der Waals surface area contributed by atoms with Gasteiger partial charge in [-0.2, -0.15) is 0 Å². The molecule has 0 spiro atoms. The third-order valence-corrected chi connectivity index (χ3v) is 2.76. The standard InChI is InChI=1S/C14H25N5O2/c1-5-6-16-13-12(21-4)14(18-9-17-13)19(7-10(2)3)8-11(15)20/h9-10H,5-8H2,1-4H3,(H2,15,20)(H,16,17,18). The summed E-state index contributed by atoms with van der Waals surface area (Å²) in [7, 11) is 1.57. The second-order valence-electron chi connectivity index (χ2n) is 5.25. The molecule has 0 aliphatic carbocycles. The van der Waals surface area contributed by atoms with Crippen LogP contribution in [0.3, 0.4) is 0 Å². The van der Waals surface area contributed by atoms with Crippen LogP contribution in [-0.2, 0) is 4.79 Å². The Kier molecular flexibility index (Phi) is 6.71. The first-order valence-electron chi connectivity index (χ1n) is 7.15. The monoisotopic (exact) mass is 295 g/mol. The Morgan fingerprint density at radius 3 is 2.71 bits per heavy atom. The molecule has 1 aromatic rings. The largest absolute Gasteiger partial charge is 0.490 e. The fourth-order valence-electron chi connectivity index (χ4n) is 2.00. The summed E-state index contributed by atoms with van der Waals surface area (Å²) in [5, 5.41) is 3.20. The molecule has 0 aliphatic heterocycles. The number of methoxy groups -OCH3 is 1. The predicted molar refractivity (Wildman–Crippen MR) is 83.6 cm³/mol. The number of aromatic nitrogens is 2. The van der Waals surface area contributed by atoms with Crippen LogP contribution in [0, 0.1) is 5.92 Å². The zero-order valence-corrected chi connectivity index (χ0v) is 13.2. The maximum atomic E-state index is 11.3. The van der Waals surface area contributed by atoms with E-state index in [9.17, 15) is 4.79 Å². The van der Waals surface area contributed by atoms with Gasteiger partial charge in [0, 0.05) is 13.1 Å². The number of primary amides is 1. The van der Waals surface area contributed by atoms with Crippen molar-refractivity contribution in [3.63, 3.8) is 0 Å². The zero-order valence-electron chi connectivity index (χ0n) is 13.2. The highest BCUT2D eigenvalue weighted by atomic mass is 16.5. The van der Waals surface area contributed by atoms with Gasteiger partial charge in [0.05, 0.1) is 13.7 Å². The van der Waals surface area contributed by atoms with Crippen molar-refractivity contribution < 1.29 is 9.53 Å². The van der Waals surface area contributed by atoms with Gasteiger partial charge in [-0.1, -0.05) is 20.8 Å². The van der Waals surface area contributed by atoms with Crippen LogP contribution in [0.4, 0.5) is 11.6 Å². The van der Waals surface area contributed by atoms with Gasteiger partial charge in [0.25, 0.3) is 0 Å². The maximum Gasteiger partial charge on any atom is 0.237 e. The van der Waals surface area contributed by atoms with E-state index in [1.54, 1.807) is 7.11 Å². The molecule has 7 nitrogen and oxygen atoms in total. The van der Waals surface area contributed by atoms with Gasteiger partial charge in [-0.3, -0.25) is 4.79 Å². The summed E-state index contributed by atoms with van der Waals surface area (Å²) in [6.07, 6.45) is 2.43. The Hall–Kier alpha value is -2.05. The van der Waals surface area contributed by atoms with Crippen LogP contribution in [0.5, 0.6) is 5.75 Å². The Morgan fingerprint density at radius 2 is 2.19 bits per heavy atom. The first kappa shape index (κ1) is 17.0. The molecule has 0 aliphatic rings. The molecular formula is C14H25N5O2. The van der Waals surface area contributed by atoms with Crippen molar-refractivity contribution in [2.75, 3.05) is 37.0 Å². The second kappa shape index (κ2) is 8.28. The summed E-state index contributed by atoms with van der Waals surface area (Å²) in [5.74, 6) is 1.70. The number of carbonyl (C=O) groups excluding carboxylic acids is 1. The van der Waals surface area contributed by atoms with Gasteiger partial charge in [0.1, 0.15) is 6.33 Å². The molecule has 0 saturated heterocycles. The molecular weight excluding hydrogens is 270 g/mol. The molecule has 21 heavy (non-hydrogen) atoms. The molecule has 1 amide bonds. The van der Waals surface area contributed by atoms with Crippen molar-refractivity contribution >= 4 is 17.5 Å². The fraction of sp³-hybridized carbons (Fsp3) is 0.643. The van der Waals surface area contributed by atoms with Gasteiger partial charge in [0.2, 0.25) is 11.7 Å². The average Bonchev–Trinajstić information content (AvgIpc) is 2.42. The fourth-order valence-corrected chi connectivity index (χ4v) is 2.00. The minimum Gasteiger partial charge on any atom is -0.490 e. The molecule has 1 heterocycles. The lowest BCUT2D eigenvalue weighted by Gasteiger charge is -2.26. The number of nitrogens with zero attached hydrogens (tertiary/aromatic N) is 3. The molecule has 0 unspecified atom stereocenters. The highest BCUT2D eigenvalue weighted by molar-refractivity contribution is 5.80. The smallest absolute Gasteiger partial charge is 0.237 e. The molecule has 0 bridgehead atoms. The van der Waals surface area contributed by atoms with Gasteiger partial charge < -0.3 is 20.7 Å². The van der Waals surface area contributed by atoms with Crippen LogP contribution in [-0.4, -0.2) is 42.6 Å². The Labute approximate surface area is 125 Å². The highest BCUT2D eigenvalue weighted by Crippen LogP contribution is 2.32. The first-order chi connectivity index (χ1) is 9.99. The predicted octanol–water partition coefficient (Wildman–Crippen LogP) is 1.25. The zero-order chi connectivity index (χ0) is 15.8. The van der Waals surface area contributed by atoms with E-state index in [1.165, 1.54) is 6.33 Å². The molecule has 3 N–H and O–H groups in total. The lowest BCUT2D eigenvalue weighted by atomic mass is 10.2. The van der Waals surface area contributed by atoms with E-state index in [2.05, 4.69) is 36.1 Å². The van der Waals surface area contributed by atoms with Gasteiger partial charge in [-0.05, 0) is 12.3 Å². The Bertz CT molecular complexity index is 465. The third kappa shape index (κ3) is 5.09. The molecule has 7 heteroatoms. The van der Waals surface area contributed by atoms with E-state index >= 15 is 0 Å². The van der Waals surface area contributed by atoms with Crippen molar-refractivity contribution in [2.45, 2.75) is 27.2 Å². The number of rotatable bonds is 9. The summed E-state index contributed by atoms with van der Waals surface area (Å²) in [5.41, 5.74) is 5.34. The second-order valence-corrected chi connectivity index (χ2v) is 5.25. The van der Waals surface area contributed by atoms with Crippen LogP contribution in [0.1, 0.15) is 27.2 Å². The van der Waals surface area contributed by atoms with Crippen LogP contribution in [0.2, 0.25) is 0 Å². The summed E-state index contributed by atoms with van der Waals surface area (Å²) in [6, 6.07) is 0. The minimum atomic E-state index is -0.403. The number of amides is 1. The normalized spacial score (nSPS) is 10.5. The van der Waals surface area contributed by atoms with Crippen LogP contribution < -0.4 is 20.7 Å². The molecule has 118 valence electrons. The summed E-state index contributed by atoms with van der Waals surface area (Å²) in [6.45, 7) is 7.74.